The van der Waals surface area contributed by atoms with Crippen molar-refractivity contribution in [1.82, 2.24) is 20.5 Å². The first-order valence-electron chi connectivity index (χ1n) is 7.01. The van der Waals surface area contributed by atoms with Crippen LogP contribution in [0.2, 0.25) is 0 Å². The Balaban J connectivity index is 1.50. The van der Waals surface area contributed by atoms with E-state index in [0.717, 1.165) is 11.3 Å². The van der Waals surface area contributed by atoms with Gasteiger partial charge in [0, 0.05) is 25.0 Å². The quantitative estimate of drug-likeness (QED) is 0.675. The van der Waals surface area contributed by atoms with Crippen molar-refractivity contribution >= 4 is 11.7 Å². The molecule has 3 rings (SSSR count). The molecule has 0 unspecified atom stereocenters. The summed E-state index contributed by atoms with van der Waals surface area (Å²) >= 11 is 0. The molecule has 2 amide bonds. The molecule has 0 aliphatic heterocycles. The van der Waals surface area contributed by atoms with Gasteiger partial charge in [0.25, 0.3) is 0 Å². The highest BCUT2D eigenvalue weighted by atomic mass is 16.5. The maximum Gasteiger partial charge on any atom is 0.319 e. The zero-order valence-corrected chi connectivity index (χ0v) is 12.2. The van der Waals surface area contributed by atoms with Gasteiger partial charge in [0.1, 0.15) is 5.75 Å². The van der Waals surface area contributed by atoms with Gasteiger partial charge in [-0.05, 0) is 17.7 Å². The van der Waals surface area contributed by atoms with E-state index >= 15 is 0 Å². The second-order valence-corrected chi connectivity index (χ2v) is 4.71. The monoisotopic (exact) mass is 309 g/mol. The molecule has 0 aliphatic carbocycles. The van der Waals surface area contributed by atoms with Crippen LogP contribution >= 0.6 is 0 Å². The number of aromatic amines is 1. The molecule has 0 saturated heterocycles. The lowest BCUT2D eigenvalue weighted by Gasteiger charge is -2.07. The molecular formula is C16H15N5O2. The summed E-state index contributed by atoms with van der Waals surface area (Å²) in [6.45, 7) is 0.363. The van der Waals surface area contributed by atoms with Gasteiger partial charge in [-0.3, -0.25) is 5.10 Å². The van der Waals surface area contributed by atoms with Crippen molar-refractivity contribution in [1.29, 1.82) is 0 Å². The van der Waals surface area contributed by atoms with E-state index in [2.05, 4.69) is 25.8 Å². The molecule has 0 spiro atoms. The Morgan fingerprint density at radius 1 is 1.13 bits per heavy atom. The van der Waals surface area contributed by atoms with Gasteiger partial charge in [-0.25, -0.2) is 9.78 Å². The highest BCUT2D eigenvalue weighted by Gasteiger charge is 2.03. The average Bonchev–Trinajstić information content (AvgIpc) is 3.08. The fraction of sp³-hybridized carbons (Fsp3) is 0.0625. The lowest BCUT2D eigenvalue weighted by molar-refractivity contribution is 0.251. The molecule has 0 atom stereocenters. The van der Waals surface area contributed by atoms with E-state index < -0.39 is 0 Å². The molecule has 23 heavy (non-hydrogen) atoms. The van der Waals surface area contributed by atoms with Crippen molar-refractivity contribution in [3.8, 4) is 11.6 Å². The van der Waals surface area contributed by atoms with E-state index in [-0.39, 0.29) is 6.03 Å². The van der Waals surface area contributed by atoms with Gasteiger partial charge in [0.15, 0.2) is 0 Å². The second-order valence-electron chi connectivity index (χ2n) is 4.71. The van der Waals surface area contributed by atoms with Crippen LogP contribution < -0.4 is 15.4 Å². The molecule has 3 aromatic rings. The smallest absolute Gasteiger partial charge is 0.319 e. The number of hydrogen-bond acceptors (Lipinski definition) is 4. The van der Waals surface area contributed by atoms with Gasteiger partial charge >= 0.3 is 6.03 Å². The van der Waals surface area contributed by atoms with Gasteiger partial charge in [0.05, 0.1) is 11.9 Å². The highest BCUT2D eigenvalue weighted by molar-refractivity contribution is 5.88. The number of aromatic nitrogens is 3. The second kappa shape index (κ2) is 7.08. The maximum atomic E-state index is 11.7. The molecule has 7 heteroatoms. The van der Waals surface area contributed by atoms with Gasteiger partial charge < -0.3 is 15.4 Å². The minimum Gasteiger partial charge on any atom is -0.439 e. The molecule has 0 fully saturated rings. The summed E-state index contributed by atoms with van der Waals surface area (Å²) in [5, 5.41) is 11.7. The first-order chi connectivity index (χ1) is 11.3. The Bertz CT molecular complexity index is 742. The number of urea groups is 1. The fourth-order valence-electron chi connectivity index (χ4n) is 1.86. The minimum absolute atomic E-state index is 0.309. The summed E-state index contributed by atoms with van der Waals surface area (Å²) in [4.78, 5) is 15.9. The number of benzene rings is 1. The van der Waals surface area contributed by atoms with Crippen molar-refractivity contribution in [2.45, 2.75) is 6.54 Å². The van der Waals surface area contributed by atoms with E-state index in [0.29, 0.717) is 18.1 Å². The summed E-state index contributed by atoms with van der Waals surface area (Å²) in [5.74, 6) is 1.23. The predicted octanol–water partition coefficient (Wildman–Crippen LogP) is 2.92. The van der Waals surface area contributed by atoms with Crippen LogP contribution in [0.3, 0.4) is 0 Å². The van der Waals surface area contributed by atoms with E-state index in [9.17, 15) is 4.79 Å². The van der Waals surface area contributed by atoms with Gasteiger partial charge in [-0.2, -0.15) is 5.10 Å². The van der Waals surface area contributed by atoms with E-state index in [4.69, 9.17) is 4.74 Å². The molecule has 2 aromatic heterocycles. The maximum absolute atomic E-state index is 11.7. The van der Waals surface area contributed by atoms with Crippen LogP contribution in [0.15, 0.2) is 61.1 Å². The van der Waals surface area contributed by atoms with Crippen molar-refractivity contribution in [3.05, 3.63) is 66.6 Å². The number of nitrogens with one attached hydrogen (secondary N) is 3. The van der Waals surface area contributed by atoms with E-state index in [1.807, 2.05) is 36.4 Å². The number of anilines is 1. The van der Waals surface area contributed by atoms with Crippen LogP contribution in [0.25, 0.3) is 0 Å². The lowest BCUT2D eigenvalue weighted by Crippen LogP contribution is -2.28. The number of pyridine rings is 1. The standard InChI is InChI=1S/C16H15N5O2/c22-16(21-13-10-19-20-11-13)18-9-12-6-7-15(17-8-12)23-14-4-2-1-3-5-14/h1-8,10-11H,9H2,(H,19,20)(H2,18,21,22). The number of rotatable bonds is 5. The third-order valence-corrected chi connectivity index (χ3v) is 2.97. The molecule has 2 heterocycles. The first-order valence-corrected chi connectivity index (χ1v) is 7.01. The number of amides is 2. The highest BCUT2D eigenvalue weighted by Crippen LogP contribution is 2.18. The Morgan fingerprint density at radius 2 is 2.00 bits per heavy atom. The topological polar surface area (TPSA) is 91.9 Å². The summed E-state index contributed by atoms with van der Waals surface area (Å²) in [7, 11) is 0. The molecule has 3 N–H and O–H groups in total. The van der Waals surface area contributed by atoms with Crippen LogP contribution in [-0.2, 0) is 6.54 Å². The Hall–Kier alpha value is -3.35. The Labute approximate surface area is 132 Å². The van der Waals surface area contributed by atoms with Crippen LogP contribution in [0.5, 0.6) is 11.6 Å². The summed E-state index contributed by atoms with van der Waals surface area (Å²) < 4.78 is 5.61. The van der Waals surface area contributed by atoms with Crippen LogP contribution in [-0.4, -0.2) is 21.2 Å². The number of carbonyl (C=O) groups is 1. The minimum atomic E-state index is -0.309. The van der Waals surface area contributed by atoms with Crippen LogP contribution in [0.1, 0.15) is 5.56 Å². The molecule has 1 aromatic carbocycles. The molecule has 0 bridgehead atoms. The molecule has 0 radical (unpaired) electrons. The summed E-state index contributed by atoms with van der Waals surface area (Å²) in [6, 6.07) is 12.7. The van der Waals surface area contributed by atoms with Crippen molar-refractivity contribution in [2.75, 3.05) is 5.32 Å². The number of carbonyl (C=O) groups excluding carboxylic acids is 1. The Kier molecular flexibility index (Phi) is 4.49. The van der Waals surface area contributed by atoms with Gasteiger partial charge in [-0.1, -0.05) is 24.3 Å². The van der Waals surface area contributed by atoms with Gasteiger partial charge in [0.2, 0.25) is 5.88 Å². The fourth-order valence-corrected chi connectivity index (χ4v) is 1.86. The first kappa shape index (κ1) is 14.6. The molecule has 0 aliphatic rings. The molecule has 0 saturated carbocycles. The van der Waals surface area contributed by atoms with E-state index in [1.165, 1.54) is 6.20 Å². The van der Waals surface area contributed by atoms with Crippen molar-refractivity contribution in [2.24, 2.45) is 0 Å². The number of ether oxygens (including phenoxy) is 1. The largest absolute Gasteiger partial charge is 0.439 e. The number of hydrogen-bond donors (Lipinski definition) is 3. The zero-order chi connectivity index (χ0) is 15.9. The van der Waals surface area contributed by atoms with Crippen LogP contribution in [0.4, 0.5) is 10.5 Å². The normalized spacial score (nSPS) is 10.1. The summed E-state index contributed by atoms with van der Waals surface area (Å²) in [6.07, 6.45) is 4.78. The third kappa shape index (κ3) is 4.31. The molecule has 7 nitrogen and oxygen atoms in total. The van der Waals surface area contributed by atoms with Crippen molar-refractivity contribution < 1.29 is 9.53 Å². The van der Waals surface area contributed by atoms with Gasteiger partial charge in [-0.15, -0.1) is 0 Å². The number of nitrogens with zero attached hydrogens (tertiary/aromatic N) is 2. The summed E-state index contributed by atoms with van der Waals surface area (Å²) in [5.41, 5.74) is 1.47. The average molecular weight is 309 g/mol. The zero-order valence-electron chi connectivity index (χ0n) is 12.2. The molecule has 116 valence electrons. The van der Waals surface area contributed by atoms with Crippen molar-refractivity contribution in [3.63, 3.8) is 0 Å². The number of H-pyrrole nitrogens is 1. The third-order valence-electron chi connectivity index (χ3n) is 2.97. The number of para-hydroxylation sites is 1. The lowest BCUT2D eigenvalue weighted by atomic mass is 10.3. The predicted molar refractivity (Wildman–Crippen MR) is 85.2 cm³/mol. The SMILES string of the molecule is O=C(NCc1ccc(Oc2ccccc2)nc1)Nc1cn[nH]c1. The van der Waals surface area contributed by atoms with Crippen LogP contribution in [0, 0.1) is 0 Å². The van der Waals surface area contributed by atoms with E-state index in [1.54, 1.807) is 18.5 Å². The molecular weight excluding hydrogens is 294 g/mol. The Morgan fingerprint density at radius 3 is 2.70 bits per heavy atom.